The summed E-state index contributed by atoms with van der Waals surface area (Å²) in [5, 5.41) is 2.76. The lowest BCUT2D eigenvalue weighted by atomic mass is 9.99. The molecule has 0 saturated carbocycles. The molecule has 182 valence electrons. The molecule has 1 N–H and O–H groups in total. The van der Waals surface area contributed by atoms with Gasteiger partial charge in [0, 0.05) is 6.42 Å². The second-order valence-corrected chi connectivity index (χ2v) is 7.97. The van der Waals surface area contributed by atoms with Crippen LogP contribution in [-0.4, -0.2) is 38.1 Å². The molecule has 0 unspecified atom stereocenters. The highest BCUT2D eigenvalue weighted by Gasteiger charge is 2.37. The number of methoxy groups -OCH3 is 2. The molecule has 0 aromatic heterocycles. The summed E-state index contributed by atoms with van der Waals surface area (Å²) >= 11 is 0. The van der Waals surface area contributed by atoms with Gasteiger partial charge in [-0.2, -0.15) is 0 Å². The van der Waals surface area contributed by atoms with Gasteiger partial charge in [-0.25, -0.2) is 9.59 Å². The molecule has 1 atom stereocenters. The first-order chi connectivity index (χ1) is 17.5. The third kappa shape index (κ3) is 5.20. The van der Waals surface area contributed by atoms with Crippen molar-refractivity contribution in [1.29, 1.82) is 0 Å². The molecule has 1 aliphatic rings. The minimum Gasteiger partial charge on any atom is -0.492 e. The summed E-state index contributed by atoms with van der Waals surface area (Å²) in [7, 11) is 2.67. The summed E-state index contributed by atoms with van der Waals surface area (Å²) in [5.41, 5.74) is 2.21. The quantitative estimate of drug-likeness (QED) is 0.386. The Kier molecular flexibility index (Phi) is 7.60. The first kappa shape index (κ1) is 24.5. The maximum absolute atomic E-state index is 13.7. The van der Waals surface area contributed by atoms with E-state index in [0.29, 0.717) is 11.1 Å². The lowest BCUT2D eigenvalue weighted by Gasteiger charge is -2.19. The van der Waals surface area contributed by atoms with E-state index >= 15 is 0 Å². The van der Waals surface area contributed by atoms with Gasteiger partial charge in [0.05, 0.1) is 19.8 Å². The highest BCUT2D eigenvalue weighted by Crippen LogP contribution is 2.38. The fraction of sp³-hybridized carbons (Fsp3) is 0.138. The molecule has 7 heteroatoms. The molecule has 0 saturated heterocycles. The Bertz CT molecular complexity index is 1310. The molecule has 0 fully saturated rings. The molecule has 3 aromatic carbocycles. The number of cyclic esters (lactones) is 1. The van der Waals surface area contributed by atoms with Gasteiger partial charge in [-0.15, -0.1) is 0 Å². The maximum Gasteiger partial charge on any atom is 0.348 e. The Morgan fingerprint density at radius 1 is 0.861 bits per heavy atom. The number of amides is 1. The van der Waals surface area contributed by atoms with Crippen LogP contribution in [0.25, 0.3) is 11.1 Å². The van der Waals surface area contributed by atoms with E-state index in [1.807, 2.05) is 36.4 Å². The zero-order valence-electron chi connectivity index (χ0n) is 19.9. The van der Waals surface area contributed by atoms with Crippen LogP contribution in [0.2, 0.25) is 0 Å². The Morgan fingerprint density at radius 3 is 2.03 bits per heavy atom. The molecule has 36 heavy (non-hydrogen) atoms. The number of rotatable bonds is 8. The average molecular weight is 484 g/mol. The SMILES string of the molecule is COC(=O)[C@H](Cc1ccccc1)NC(=O)/C(=C1\OC(=O)C(c2ccccc2)=C1OC)c1ccccc1. The molecule has 0 radical (unpaired) electrons. The Hall–Kier alpha value is -4.65. The molecule has 0 aliphatic carbocycles. The summed E-state index contributed by atoms with van der Waals surface area (Å²) in [6.07, 6.45) is 0.221. The van der Waals surface area contributed by atoms with Crippen molar-refractivity contribution in [2.75, 3.05) is 14.2 Å². The number of nitrogens with one attached hydrogen (secondary N) is 1. The molecule has 1 heterocycles. The number of carbonyl (C=O) groups is 3. The van der Waals surface area contributed by atoms with Gasteiger partial charge in [-0.1, -0.05) is 91.0 Å². The van der Waals surface area contributed by atoms with Crippen molar-refractivity contribution in [3.8, 4) is 0 Å². The Balaban J connectivity index is 1.80. The van der Waals surface area contributed by atoms with E-state index in [4.69, 9.17) is 14.2 Å². The van der Waals surface area contributed by atoms with E-state index < -0.39 is 23.9 Å². The van der Waals surface area contributed by atoms with Gasteiger partial charge in [-0.3, -0.25) is 4.79 Å². The summed E-state index contributed by atoms with van der Waals surface area (Å²) in [4.78, 5) is 39.2. The highest BCUT2D eigenvalue weighted by atomic mass is 16.6. The van der Waals surface area contributed by atoms with Crippen molar-refractivity contribution in [3.63, 3.8) is 0 Å². The van der Waals surface area contributed by atoms with Crippen LogP contribution < -0.4 is 5.32 Å². The van der Waals surface area contributed by atoms with E-state index in [0.717, 1.165) is 5.56 Å². The molecule has 0 bridgehead atoms. The largest absolute Gasteiger partial charge is 0.492 e. The molecular weight excluding hydrogens is 458 g/mol. The third-order valence-corrected chi connectivity index (χ3v) is 5.69. The molecule has 3 aromatic rings. The molecule has 4 rings (SSSR count). The van der Waals surface area contributed by atoms with Gasteiger partial charge in [0.25, 0.3) is 5.91 Å². The fourth-order valence-corrected chi connectivity index (χ4v) is 4.00. The van der Waals surface area contributed by atoms with Crippen molar-refractivity contribution in [2.24, 2.45) is 0 Å². The van der Waals surface area contributed by atoms with Crippen LogP contribution in [-0.2, 0) is 35.0 Å². The molecule has 1 aliphatic heterocycles. The van der Waals surface area contributed by atoms with Crippen LogP contribution in [0.5, 0.6) is 0 Å². The number of hydrogen-bond donors (Lipinski definition) is 1. The van der Waals surface area contributed by atoms with Crippen LogP contribution in [0.15, 0.2) is 103 Å². The number of ether oxygens (including phenoxy) is 3. The van der Waals surface area contributed by atoms with Gasteiger partial charge in [0.1, 0.15) is 11.6 Å². The maximum atomic E-state index is 13.7. The normalized spacial score (nSPS) is 15.1. The molecule has 1 amide bonds. The fourth-order valence-electron chi connectivity index (χ4n) is 4.00. The van der Waals surface area contributed by atoms with E-state index in [1.54, 1.807) is 54.6 Å². The first-order valence-electron chi connectivity index (χ1n) is 11.3. The van der Waals surface area contributed by atoms with Gasteiger partial charge < -0.3 is 19.5 Å². The summed E-state index contributed by atoms with van der Waals surface area (Å²) in [5.74, 6) is -1.73. The van der Waals surface area contributed by atoms with Crippen LogP contribution in [0, 0.1) is 0 Å². The number of esters is 2. The minimum absolute atomic E-state index is 0.0200. The topological polar surface area (TPSA) is 90.9 Å². The number of hydrogen-bond acceptors (Lipinski definition) is 6. The van der Waals surface area contributed by atoms with Crippen LogP contribution in [0.3, 0.4) is 0 Å². The van der Waals surface area contributed by atoms with Gasteiger partial charge >= 0.3 is 11.9 Å². The predicted molar refractivity (Wildman–Crippen MR) is 134 cm³/mol. The van der Waals surface area contributed by atoms with Crippen LogP contribution in [0.1, 0.15) is 16.7 Å². The number of benzene rings is 3. The highest BCUT2D eigenvalue weighted by molar-refractivity contribution is 6.26. The van der Waals surface area contributed by atoms with Gasteiger partial charge in [0.15, 0.2) is 11.5 Å². The molecular formula is C29H25NO6. The van der Waals surface area contributed by atoms with E-state index in [-0.39, 0.29) is 29.1 Å². The van der Waals surface area contributed by atoms with E-state index in [9.17, 15) is 14.4 Å². The minimum atomic E-state index is -0.968. The molecule has 0 spiro atoms. The third-order valence-electron chi connectivity index (χ3n) is 5.69. The Morgan fingerprint density at radius 2 is 1.44 bits per heavy atom. The second-order valence-electron chi connectivity index (χ2n) is 7.97. The van der Waals surface area contributed by atoms with Crippen LogP contribution in [0.4, 0.5) is 0 Å². The van der Waals surface area contributed by atoms with Crippen molar-refractivity contribution < 1.29 is 28.6 Å². The molecule has 7 nitrogen and oxygen atoms in total. The van der Waals surface area contributed by atoms with Crippen molar-refractivity contribution in [2.45, 2.75) is 12.5 Å². The summed E-state index contributed by atoms with van der Waals surface area (Å²) in [6.45, 7) is 0. The summed E-state index contributed by atoms with van der Waals surface area (Å²) in [6, 6.07) is 26.0. The van der Waals surface area contributed by atoms with E-state index in [1.165, 1.54) is 14.2 Å². The number of carbonyl (C=O) groups excluding carboxylic acids is 3. The monoisotopic (exact) mass is 483 g/mol. The van der Waals surface area contributed by atoms with Gasteiger partial charge in [-0.05, 0) is 16.7 Å². The lowest BCUT2D eigenvalue weighted by Crippen LogP contribution is -2.43. The van der Waals surface area contributed by atoms with E-state index in [2.05, 4.69) is 5.32 Å². The lowest BCUT2D eigenvalue weighted by molar-refractivity contribution is -0.144. The standard InChI is InChI=1S/C29H25NO6/c1-34-25-24(21-16-10-5-11-17-21)29(33)36-26(25)23(20-14-8-4-9-15-20)27(31)30-22(28(32)35-2)18-19-12-6-3-7-13-19/h3-17,22H,18H2,1-2H3,(H,30,31)/b26-23-/t22-/m0/s1. The Labute approximate surface area is 209 Å². The first-order valence-corrected chi connectivity index (χ1v) is 11.3. The zero-order chi connectivity index (χ0) is 25.5. The summed E-state index contributed by atoms with van der Waals surface area (Å²) < 4.78 is 16.1. The van der Waals surface area contributed by atoms with Gasteiger partial charge in [0.2, 0.25) is 0 Å². The van der Waals surface area contributed by atoms with Crippen molar-refractivity contribution in [3.05, 3.63) is 119 Å². The van der Waals surface area contributed by atoms with Crippen molar-refractivity contribution >= 4 is 29.0 Å². The van der Waals surface area contributed by atoms with Crippen molar-refractivity contribution in [1.82, 2.24) is 5.32 Å². The smallest absolute Gasteiger partial charge is 0.348 e. The predicted octanol–water partition coefficient (Wildman–Crippen LogP) is 3.91. The second kappa shape index (κ2) is 11.2. The zero-order valence-corrected chi connectivity index (χ0v) is 19.9. The van der Waals surface area contributed by atoms with Crippen LogP contribution >= 0.6 is 0 Å². The average Bonchev–Trinajstić information content (AvgIpc) is 3.25.